The minimum Gasteiger partial charge on any atom is -0.351 e. The first-order valence-corrected chi connectivity index (χ1v) is 9.08. The first-order valence-electron chi connectivity index (χ1n) is 7.27. The largest absolute Gasteiger partial charge is 0.351 e. The van der Waals surface area contributed by atoms with Crippen LogP contribution in [0.4, 0.5) is 0 Å². The van der Waals surface area contributed by atoms with E-state index in [1.54, 1.807) is 0 Å². The Morgan fingerprint density at radius 2 is 2.04 bits per heavy atom. The summed E-state index contributed by atoms with van der Waals surface area (Å²) in [6.07, 6.45) is 2.93. The van der Waals surface area contributed by atoms with Gasteiger partial charge in [-0.15, -0.1) is 0 Å². The number of amides is 1. The van der Waals surface area contributed by atoms with Crippen molar-refractivity contribution in [2.24, 2.45) is 0 Å². The third-order valence-corrected chi connectivity index (χ3v) is 5.63. The fraction of sp³-hybridized carbons (Fsp3) is 0.400. The Morgan fingerprint density at radius 3 is 2.65 bits per heavy atom. The number of nitrogens with one attached hydrogen (secondary N) is 2. The van der Waals surface area contributed by atoms with Crippen LogP contribution in [-0.2, 0) is 14.8 Å². The van der Waals surface area contributed by atoms with E-state index in [1.165, 1.54) is 31.3 Å². The lowest BCUT2D eigenvalue weighted by Crippen LogP contribution is -2.39. The molecule has 0 atom stereocenters. The van der Waals surface area contributed by atoms with Gasteiger partial charge in [0.2, 0.25) is 15.9 Å². The summed E-state index contributed by atoms with van der Waals surface area (Å²) in [4.78, 5) is 12.1. The minimum absolute atomic E-state index is 0.110. The monoisotopic (exact) mass is 357 g/mol. The number of carbonyl (C=O) groups excluding carboxylic acids is 1. The molecule has 1 heterocycles. The van der Waals surface area contributed by atoms with Crippen molar-refractivity contribution in [2.45, 2.75) is 11.3 Å². The van der Waals surface area contributed by atoms with Crippen molar-refractivity contribution in [2.75, 3.05) is 33.2 Å². The highest BCUT2D eigenvalue weighted by Crippen LogP contribution is 2.17. The molecular weight excluding hydrogens is 338 g/mol. The zero-order chi connectivity index (χ0) is 16.9. The standard InChI is InChI=1S/C15H20ClN3O3S/c1-19(23(21,22)14-4-2-13(16)3-5-14)11-15(20)18-10-12-6-8-17-9-7-12/h2-6,17H,7-11H2,1H3,(H,18,20). The number of hydrogen-bond acceptors (Lipinski definition) is 4. The van der Waals surface area contributed by atoms with Gasteiger partial charge in [0.15, 0.2) is 0 Å². The van der Waals surface area contributed by atoms with Crippen LogP contribution in [0.2, 0.25) is 5.02 Å². The highest BCUT2D eigenvalue weighted by Gasteiger charge is 2.22. The van der Waals surface area contributed by atoms with E-state index in [4.69, 9.17) is 11.6 Å². The predicted molar refractivity (Wildman–Crippen MR) is 89.8 cm³/mol. The topological polar surface area (TPSA) is 78.5 Å². The maximum Gasteiger partial charge on any atom is 0.243 e. The lowest BCUT2D eigenvalue weighted by Gasteiger charge is -2.18. The molecule has 0 bridgehead atoms. The highest BCUT2D eigenvalue weighted by molar-refractivity contribution is 7.89. The molecule has 6 nitrogen and oxygen atoms in total. The number of hydrogen-bond donors (Lipinski definition) is 2. The molecule has 8 heteroatoms. The van der Waals surface area contributed by atoms with Gasteiger partial charge in [0.25, 0.3) is 0 Å². The first-order chi connectivity index (χ1) is 10.9. The van der Waals surface area contributed by atoms with Gasteiger partial charge >= 0.3 is 0 Å². The van der Waals surface area contributed by atoms with E-state index in [0.29, 0.717) is 11.6 Å². The van der Waals surface area contributed by atoms with Gasteiger partial charge in [-0.2, -0.15) is 4.31 Å². The van der Waals surface area contributed by atoms with Crippen molar-refractivity contribution in [3.63, 3.8) is 0 Å². The number of halogens is 1. The fourth-order valence-corrected chi connectivity index (χ4v) is 3.42. The molecule has 0 saturated heterocycles. The van der Waals surface area contributed by atoms with Crippen LogP contribution in [0, 0.1) is 0 Å². The molecule has 0 spiro atoms. The molecule has 2 rings (SSSR count). The number of rotatable bonds is 6. The Kier molecular flexibility index (Phi) is 6.17. The van der Waals surface area contributed by atoms with Crippen LogP contribution in [0.1, 0.15) is 6.42 Å². The van der Waals surface area contributed by atoms with E-state index in [1.807, 2.05) is 6.08 Å². The van der Waals surface area contributed by atoms with Crippen LogP contribution in [0.5, 0.6) is 0 Å². The molecule has 0 saturated carbocycles. The summed E-state index contributed by atoms with van der Waals surface area (Å²) >= 11 is 5.76. The Bertz CT molecular complexity index is 686. The van der Waals surface area contributed by atoms with Crippen molar-refractivity contribution in [3.05, 3.63) is 40.9 Å². The summed E-state index contributed by atoms with van der Waals surface area (Å²) in [6.45, 7) is 1.93. The maximum atomic E-state index is 12.4. The Labute approximate surface area is 141 Å². The van der Waals surface area contributed by atoms with Crippen LogP contribution in [0.3, 0.4) is 0 Å². The summed E-state index contributed by atoms with van der Waals surface area (Å²) in [5, 5.41) is 6.40. The maximum absolute atomic E-state index is 12.4. The van der Waals surface area contributed by atoms with Gasteiger partial charge < -0.3 is 10.6 Å². The molecule has 1 amide bonds. The Balaban J connectivity index is 1.91. The van der Waals surface area contributed by atoms with Crippen LogP contribution in [-0.4, -0.2) is 51.9 Å². The van der Waals surface area contributed by atoms with Crippen LogP contribution < -0.4 is 10.6 Å². The van der Waals surface area contributed by atoms with Crippen molar-refractivity contribution in [1.29, 1.82) is 0 Å². The summed E-state index contributed by atoms with van der Waals surface area (Å²) < 4.78 is 25.8. The molecule has 23 heavy (non-hydrogen) atoms. The average Bonchev–Trinajstić information content (AvgIpc) is 2.54. The molecule has 126 valence electrons. The third-order valence-electron chi connectivity index (χ3n) is 3.56. The Morgan fingerprint density at radius 1 is 1.35 bits per heavy atom. The number of benzene rings is 1. The second kappa shape index (κ2) is 7.92. The molecule has 0 unspecified atom stereocenters. The lowest BCUT2D eigenvalue weighted by molar-refractivity contribution is -0.120. The minimum atomic E-state index is -3.70. The normalized spacial score (nSPS) is 15.3. The highest BCUT2D eigenvalue weighted by atomic mass is 35.5. The zero-order valence-electron chi connectivity index (χ0n) is 12.9. The predicted octanol–water partition coefficient (Wildman–Crippen LogP) is 0.996. The summed E-state index contributed by atoms with van der Waals surface area (Å²) in [7, 11) is -2.32. The van der Waals surface area contributed by atoms with Gasteiger partial charge in [-0.3, -0.25) is 4.79 Å². The van der Waals surface area contributed by atoms with E-state index in [0.717, 1.165) is 29.4 Å². The molecule has 0 fully saturated rings. The quantitative estimate of drug-likeness (QED) is 0.744. The fourth-order valence-electron chi connectivity index (χ4n) is 2.17. The summed E-state index contributed by atoms with van der Waals surface area (Å²) in [6, 6.07) is 5.86. The van der Waals surface area contributed by atoms with Gasteiger partial charge in [-0.1, -0.05) is 23.3 Å². The second-order valence-corrected chi connectivity index (χ2v) is 7.79. The molecule has 1 aromatic carbocycles. The smallest absolute Gasteiger partial charge is 0.243 e. The lowest BCUT2D eigenvalue weighted by atomic mass is 10.1. The third kappa shape index (κ3) is 5.04. The molecule has 0 aromatic heterocycles. The number of nitrogens with zero attached hydrogens (tertiary/aromatic N) is 1. The van der Waals surface area contributed by atoms with Crippen LogP contribution in [0.15, 0.2) is 40.8 Å². The van der Waals surface area contributed by atoms with Gasteiger partial charge in [-0.25, -0.2) is 8.42 Å². The van der Waals surface area contributed by atoms with Crippen molar-refractivity contribution >= 4 is 27.5 Å². The summed E-state index contributed by atoms with van der Waals surface area (Å²) in [5.41, 5.74) is 1.15. The van der Waals surface area contributed by atoms with Crippen molar-refractivity contribution < 1.29 is 13.2 Å². The van der Waals surface area contributed by atoms with Gasteiger partial charge in [-0.05, 0) is 37.2 Å². The zero-order valence-corrected chi connectivity index (χ0v) is 14.5. The molecule has 0 radical (unpaired) electrons. The van der Waals surface area contributed by atoms with Crippen LogP contribution in [0.25, 0.3) is 0 Å². The molecular formula is C15H20ClN3O3S. The van der Waals surface area contributed by atoms with Gasteiger partial charge in [0, 0.05) is 25.2 Å². The van der Waals surface area contributed by atoms with Crippen molar-refractivity contribution in [1.82, 2.24) is 14.9 Å². The van der Waals surface area contributed by atoms with Crippen LogP contribution >= 0.6 is 11.6 Å². The van der Waals surface area contributed by atoms with Gasteiger partial charge in [0.05, 0.1) is 11.4 Å². The number of likely N-dealkylation sites (N-methyl/N-ethyl adjacent to an activating group) is 1. The molecule has 1 aliphatic rings. The molecule has 1 aromatic rings. The second-order valence-electron chi connectivity index (χ2n) is 5.31. The number of sulfonamides is 1. The van der Waals surface area contributed by atoms with E-state index in [9.17, 15) is 13.2 Å². The molecule has 1 aliphatic heterocycles. The van der Waals surface area contributed by atoms with E-state index >= 15 is 0 Å². The molecule has 0 aliphatic carbocycles. The van der Waals surface area contributed by atoms with E-state index in [-0.39, 0.29) is 17.3 Å². The average molecular weight is 358 g/mol. The van der Waals surface area contributed by atoms with Crippen molar-refractivity contribution in [3.8, 4) is 0 Å². The first kappa shape index (κ1) is 17.9. The SMILES string of the molecule is CN(CC(=O)NCC1=CCNCC1)S(=O)(=O)c1ccc(Cl)cc1. The molecule has 2 N–H and O–H groups in total. The van der Waals surface area contributed by atoms with Gasteiger partial charge in [0.1, 0.15) is 0 Å². The summed E-state index contributed by atoms with van der Waals surface area (Å²) in [5.74, 6) is -0.329. The van der Waals surface area contributed by atoms with E-state index < -0.39 is 10.0 Å². The van der Waals surface area contributed by atoms with E-state index in [2.05, 4.69) is 10.6 Å². The Hall–Kier alpha value is -1.41. The number of carbonyl (C=O) groups is 1.